The van der Waals surface area contributed by atoms with Crippen molar-refractivity contribution in [3.05, 3.63) is 52.6 Å². The minimum Gasteiger partial charge on any atom is -0.358 e. The molecule has 1 aromatic carbocycles. The number of hydrogen-bond acceptors (Lipinski definition) is 4. The van der Waals surface area contributed by atoms with Gasteiger partial charge in [0.25, 0.3) is 0 Å². The van der Waals surface area contributed by atoms with Crippen LogP contribution in [0, 0.1) is 0 Å². The number of para-hydroxylation sites is 1. The highest BCUT2D eigenvalue weighted by atomic mass is 32.1. The van der Waals surface area contributed by atoms with Crippen LogP contribution < -0.4 is 4.90 Å². The Balaban J connectivity index is 2.04. The third kappa shape index (κ3) is 4.17. The van der Waals surface area contributed by atoms with Crippen molar-refractivity contribution in [1.29, 1.82) is 0 Å². The fraction of sp³-hybridized carbons (Fsp3) is 0.476. The first-order valence-electron chi connectivity index (χ1n) is 13.5. The largest absolute Gasteiger partial charge is 0.358 e. The van der Waals surface area contributed by atoms with E-state index in [1.54, 1.807) is 22.4 Å². The molecule has 26 heavy (non-hydrogen) atoms. The molecule has 0 spiro atoms. The highest BCUT2D eigenvalue weighted by Gasteiger charge is 2.42. The van der Waals surface area contributed by atoms with E-state index in [1.165, 1.54) is 18.3 Å². The minimum absolute atomic E-state index is 0.0355. The number of ether oxygens (including phenoxy) is 1. The lowest BCUT2D eigenvalue weighted by Gasteiger charge is -2.47. The van der Waals surface area contributed by atoms with Crippen LogP contribution in [0.5, 0.6) is 0 Å². The second-order valence-corrected chi connectivity index (χ2v) is 6.98. The maximum Gasteiger partial charge on any atom is 0.229 e. The molecule has 0 radical (unpaired) electrons. The molecule has 3 rings (SSSR count). The first kappa shape index (κ1) is 10.0. The molecule has 2 heterocycles. The number of piperidine rings is 1. The summed E-state index contributed by atoms with van der Waals surface area (Å²) >= 11 is 1.30. The van der Waals surface area contributed by atoms with Crippen LogP contribution in [0.1, 0.15) is 44.8 Å². The molecular formula is C21H28N2O2S. The van der Waals surface area contributed by atoms with E-state index in [-0.39, 0.29) is 38.9 Å². The van der Waals surface area contributed by atoms with E-state index in [1.807, 2.05) is 0 Å². The van der Waals surface area contributed by atoms with Gasteiger partial charge in [-0.05, 0) is 29.9 Å². The molecule has 0 atom stereocenters. The highest BCUT2D eigenvalue weighted by Crippen LogP contribution is 2.34. The Labute approximate surface area is 174 Å². The van der Waals surface area contributed by atoms with Gasteiger partial charge in [-0.15, -0.1) is 11.3 Å². The first-order valence-corrected chi connectivity index (χ1v) is 9.38. The van der Waals surface area contributed by atoms with Gasteiger partial charge >= 0.3 is 0 Å². The Morgan fingerprint density at radius 2 is 2.19 bits per heavy atom. The van der Waals surface area contributed by atoms with Crippen molar-refractivity contribution < 1.29 is 23.2 Å². The maximum atomic E-state index is 13.2. The van der Waals surface area contributed by atoms with Crippen LogP contribution in [-0.2, 0) is 15.9 Å². The summed E-state index contributed by atoms with van der Waals surface area (Å²) in [6.07, 6.45) is -1.91. The second kappa shape index (κ2) is 8.80. The number of carbonyl (C=O) groups excluding carboxylic acids is 1. The van der Waals surface area contributed by atoms with Gasteiger partial charge in [-0.25, -0.2) is 0 Å². The third-order valence-electron chi connectivity index (χ3n) is 4.50. The van der Waals surface area contributed by atoms with Gasteiger partial charge in [0.05, 0.1) is 11.0 Å². The van der Waals surface area contributed by atoms with E-state index in [0.717, 1.165) is 4.90 Å². The lowest BCUT2D eigenvalue weighted by atomic mass is 9.96. The van der Waals surface area contributed by atoms with Gasteiger partial charge < -0.3 is 9.64 Å². The van der Waals surface area contributed by atoms with E-state index in [2.05, 4.69) is 0 Å². The number of nitrogens with zero attached hydrogens (tertiary/aromatic N) is 2. The third-order valence-corrected chi connectivity index (χ3v) is 5.32. The number of methoxy groups -OCH3 is 1. The fourth-order valence-electron chi connectivity index (χ4n) is 3.07. The zero-order valence-corrected chi connectivity index (χ0v) is 15.4. The Hall–Kier alpha value is -1.69. The van der Waals surface area contributed by atoms with Crippen LogP contribution in [0.15, 0.2) is 47.7 Å². The molecule has 1 amide bonds. The molecule has 2 aromatic rings. The number of benzene rings is 1. The molecule has 0 bridgehead atoms. The van der Waals surface area contributed by atoms with Crippen LogP contribution in [0.3, 0.4) is 0 Å². The lowest BCUT2D eigenvalue weighted by molar-refractivity contribution is -0.128. The summed E-state index contributed by atoms with van der Waals surface area (Å²) in [7, 11) is -2.95. The normalized spacial score (nSPS) is 23.7. The molecule has 0 N–H and O–H groups in total. The molecule has 1 aliphatic heterocycles. The van der Waals surface area contributed by atoms with E-state index in [4.69, 9.17) is 18.4 Å². The molecule has 5 heteroatoms. The van der Waals surface area contributed by atoms with Crippen LogP contribution in [0.4, 0.5) is 5.69 Å². The van der Waals surface area contributed by atoms with Gasteiger partial charge in [0.1, 0.15) is 5.72 Å². The average Bonchev–Trinajstić information content (AvgIpc) is 3.35. The van der Waals surface area contributed by atoms with Crippen LogP contribution in [0.25, 0.3) is 0 Å². The molecule has 1 aliphatic rings. The SMILES string of the molecule is [2H]c1c([2H])c([2H])c(N(C(=O)CC)C2(OC([2H])([2H])[2H])CCN(CC([2H])([2H])c3cccs3)CC2)c([2H])c1[2H]. The van der Waals surface area contributed by atoms with E-state index < -0.39 is 60.9 Å². The number of amides is 1. The zero-order chi connectivity index (χ0) is 27.1. The topological polar surface area (TPSA) is 32.8 Å². The number of hydrogen-bond donors (Lipinski definition) is 0. The molecular weight excluding hydrogens is 344 g/mol. The number of carbonyl (C=O) groups is 1. The molecule has 1 fully saturated rings. The van der Waals surface area contributed by atoms with Crippen molar-refractivity contribution in [2.24, 2.45) is 0 Å². The molecule has 1 aromatic heterocycles. The van der Waals surface area contributed by atoms with Gasteiger partial charge in [0.2, 0.25) is 5.91 Å². The standard InChI is InChI=1S/C21H28N2O2S/c1-3-20(24)23(18-8-5-4-6-9-18)21(25-2)12-15-22(16-13-21)14-11-19-10-7-17-26-19/h4-10,17H,3,11-16H2,1-2H3/i2D3,4D,5D,6D,8D,9D,11D2. The summed E-state index contributed by atoms with van der Waals surface area (Å²) in [6.45, 7) is 1.88. The summed E-state index contributed by atoms with van der Waals surface area (Å²) in [5, 5.41) is 1.78. The molecule has 4 nitrogen and oxygen atoms in total. The number of thiophene rings is 1. The van der Waals surface area contributed by atoms with Gasteiger partial charge in [-0.1, -0.05) is 31.1 Å². The molecule has 0 saturated carbocycles. The van der Waals surface area contributed by atoms with Crippen LogP contribution >= 0.6 is 11.3 Å². The predicted octanol–water partition coefficient (Wildman–Crippen LogP) is 4.17. The summed E-state index contributed by atoms with van der Waals surface area (Å²) in [6, 6.07) is 0.277. The summed E-state index contributed by atoms with van der Waals surface area (Å²) in [4.78, 5) is 16.5. The van der Waals surface area contributed by atoms with Crippen LogP contribution in [-0.4, -0.2) is 43.2 Å². The van der Waals surface area contributed by atoms with Crippen LogP contribution in [0.2, 0.25) is 0 Å². The Bertz CT molecular complexity index is 1070. The molecule has 1 saturated heterocycles. The first-order chi connectivity index (χ1) is 16.6. The van der Waals surface area contributed by atoms with E-state index in [9.17, 15) is 4.79 Å². The number of likely N-dealkylation sites (tertiary alicyclic amines) is 1. The van der Waals surface area contributed by atoms with E-state index in [0.29, 0.717) is 4.88 Å². The average molecular weight is 383 g/mol. The van der Waals surface area contributed by atoms with Crippen molar-refractivity contribution >= 4 is 22.9 Å². The summed E-state index contributed by atoms with van der Waals surface area (Å²) in [5.74, 6) is -0.653. The van der Waals surface area contributed by atoms with Gasteiger partial charge in [0.15, 0.2) is 0 Å². The van der Waals surface area contributed by atoms with Crippen molar-refractivity contribution in [1.82, 2.24) is 4.90 Å². The Morgan fingerprint density at radius 3 is 2.81 bits per heavy atom. The van der Waals surface area contributed by atoms with Crippen molar-refractivity contribution in [2.75, 3.05) is 31.6 Å². The molecule has 0 aliphatic carbocycles. The summed E-state index contributed by atoms with van der Waals surface area (Å²) in [5.41, 5.74) is -2.25. The smallest absolute Gasteiger partial charge is 0.229 e. The van der Waals surface area contributed by atoms with Crippen molar-refractivity contribution in [3.8, 4) is 0 Å². The quantitative estimate of drug-likeness (QED) is 0.674. The summed E-state index contributed by atoms with van der Waals surface area (Å²) < 4.78 is 86.4. The number of rotatable bonds is 7. The maximum absolute atomic E-state index is 13.2. The monoisotopic (exact) mass is 382 g/mol. The van der Waals surface area contributed by atoms with Gasteiger partial charge in [0, 0.05) is 59.2 Å². The zero-order valence-electron chi connectivity index (χ0n) is 24.6. The Kier molecular flexibility index (Phi) is 3.39. The van der Waals surface area contributed by atoms with Crippen molar-refractivity contribution in [3.63, 3.8) is 0 Å². The lowest BCUT2D eigenvalue weighted by Crippen LogP contribution is -2.59. The predicted molar refractivity (Wildman–Crippen MR) is 108 cm³/mol. The Morgan fingerprint density at radius 1 is 1.42 bits per heavy atom. The second-order valence-electron chi connectivity index (χ2n) is 6.03. The minimum atomic E-state index is -2.95. The van der Waals surface area contributed by atoms with Crippen molar-refractivity contribution in [2.45, 2.75) is 38.3 Å². The van der Waals surface area contributed by atoms with Gasteiger partial charge in [-0.2, -0.15) is 0 Å². The fourth-order valence-corrected chi connectivity index (χ4v) is 3.68. The number of anilines is 1. The molecule has 140 valence electrons. The highest BCUT2D eigenvalue weighted by molar-refractivity contribution is 7.09. The van der Waals surface area contributed by atoms with Gasteiger partial charge in [-0.3, -0.25) is 9.69 Å². The molecule has 0 unspecified atom stereocenters. The van der Waals surface area contributed by atoms with E-state index >= 15 is 0 Å².